The molecule has 0 spiro atoms. The summed E-state index contributed by atoms with van der Waals surface area (Å²) in [6.45, 7) is 4.25. The lowest BCUT2D eigenvalue weighted by molar-refractivity contribution is 0.945. The van der Waals surface area contributed by atoms with Gasteiger partial charge >= 0.3 is 0 Å². The lowest BCUT2D eigenvalue weighted by Crippen LogP contribution is -1.92. The van der Waals surface area contributed by atoms with Crippen molar-refractivity contribution < 1.29 is 0 Å². The topological polar surface area (TPSA) is 28.7 Å². The summed E-state index contributed by atoms with van der Waals surface area (Å²) in [7, 11) is 0. The molecule has 2 nitrogen and oxygen atoms in total. The van der Waals surface area contributed by atoms with Crippen LogP contribution in [0.3, 0.4) is 0 Å². The quantitative estimate of drug-likeness (QED) is 0.762. The number of rotatable bonds is 1. The average molecular weight is 236 g/mol. The van der Waals surface area contributed by atoms with Gasteiger partial charge in [0.25, 0.3) is 0 Å². The van der Waals surface area contributed by atoms with E-state index in [0.29, 0.717) is 5.92 Å². The van der Waals surface area contributed by atoms with Crippen LogP contribution in [0, 0.1) is 18.5 Å². The molecule has 0 bridgehead atoms. The van der Waals surface area contributed by atoms with Gasteiger partial charge in [0, 0.05) is 16.2 Å². The first-order valence-electron chi connectivity index (χ1n) is 5.16. The Morgan fingerprint density at radius 2 is 2.13 bits per heavy atom. The fraction of sp³-hybridized carbons (Fsp3) is 0.455. The largest absolute Gasteiger partial charge is 0.334 e. The van der Waals surface area contributed by atoms with Gasteiger partial charge in [0.1, 0.15) is 15.3 Å². The summed E-state index contributed by atoms with van der Waals surface area (Å²) in [6, 6.07) is 0. The second-order valence-corrected chi connectivity index (χ2v) is 5.80. The van der Waals surface area contributed by atoms with Crippen molar-refractivity contribution in [1.29, 1.82) is 0 Å². The standard InChI is InChI=1S/C11H12N2S2/c1-5-6(2)15-11-8(5)10(14)12-9(13-11)7-3-4-7/h7H,3-4H2,1-2H3,(H,12,13,14). The van der Waals surface area contributed by atoms with Crippen molar-refractivity contribution >= 4 is 33.8 Å². The zero-order valence-corrected chi connectivity index (χ0v) is 10.4. The number of aromatic nitrogens is 2. The lowest BCUT2D eigenvalue weighted by Gasteiger charge is -1.98. The van der Waals surface area contributed by atoms with Gasteiger partial charge in [-0.1, -0.05) is 12.2 Å². The number of aryl methyl sites for hydroxylation is 2. The highest BCUT2D eigenvalue weighted by Gasteiger charge is 2.26. The lowest BCUT2D eigenvalue weighted by atomic mass is 10.2. The van der Waals surface area contributed by atoms with Crippen LogP contribution < -0.4 is 0 Å². The molecule has 3 rings (SSSR count). The van der Waals surface area contributed by atoms with E-state index in [1.54, 1.807) is 11.3 Å². The molecule has 0 radical (unpaired) electrons. The monoisotopic (exact) mass is 236 g/mol. The summed E-state index contributed by atoms with van der Waals surface area (Å²) >= 11 is 7.15. The molecule has 0 amide bonds. The van der Waals surface area contributed by atoms with Crippen LogP contribution in [-0.2, 0) is 0 Å². The summed E-state index contributed by atoms with van der Waals surface area (Å²) < 4.78 is 0.865. The molecule has 15 heavy (non-hydrogen) atoms. The Kier molecular flexibility index (Phi) is 1.97. The minimum Gasteiger partial charge on any atom is -0.334 e. The molecule has 1 aliphatic carbocycles. The molecule has 1 N–H and O–H groups in total. The highest BCUT2D eigenvalue weighted by molar-refractivity contribution is 7.71. The second kappa shape index (κ2) is 3.12. The van der Waals surface area contributed by atoms with Crippen LogP contribution in [-0.4, -0.2) is 9.97 Å². The van der Waals surface area contributed by atoms with E-state index < -0.39 is 0 Å². The van der Waals surface area contributed by atoms with Gasteiger partial charge in [-0.25, -0.2) is 4.98 Å². The number of nitrogens with zero attached hydrogens (tertiary/aromatic N) is 1. The highest BCUT2D eigenvalue weighted by atomic mass is 32.1. The van der Waals surface area contributed by atoms with Gasteiger partial charge in [0.2, 0.25) is 0 Å². The Labute approximate surface area is 97.4 Å². The number of H-pyrrole nitrogens is 1. The van der Waals surface area contributed by atoms with E-state index in [1.807, 2.05) is 0 Å². The highest BCUT2D eigenvalue weighted by Crippen LogP contribution is 2.39. The first kappa shape index (κ1) is 9.48. The van der Waals surface area contributed by atoms with Crippen LogP contribution in [0.5, 0.6) is 0 Å². The summed E-state index contributed by atoms with van der Waals surface area (Å²) in [6.07, 6.45) is 2.51. The molecule has 2 aromatic rings. The second-order valence-electron chi connectivity index (χ2n) is 4.19. The summed E-state index contributed by atoms with van der Waals surface area (Å²) in [5.41, 5.74) is 1.28. The van der Waals surface area contributed by atoms with Crippen molar-refractivity contribution in [3.05, 3.63) is 20.9 Å². The summed E-state index contributed by atoms with van der Waals surface area (Å²) in [4.78, 5) is 10.4. The first-order valence-corrected chi connectivity index (χ1v) is 6.39. The number of nitrogens with one attached hydrogen (secondary N) is 1. The molecular formula is C11H12N2S2. The van der Waals surface area contributed by atoms with Crippen LogP contribution in [0.25, 0.3) is 10.2 Å². The van der Waals surface area contributed by atoms with Crippen molar-refractivity contribution in [2.45, 2.75) is 32.6 Å². The molecule has 0 aliphatic heterocycles. The smallest absolute Gasteiger partial charge is 0.128 e. The Morgan fingerprint density at radius 1 is 1.40 bits per heavy atom. The third-order valence-electron chi connectivity index (χ3n) is 3.02. The van der Waals surface area contributed by atoms with Gasteiger partial charge in [-0.15, -0.1) is 11.3 Å². The molecule has 0 aromatic carbocycles. The van der Waals surface area contributed by atoms with Gasteiger partial charge < -0.3 is 4.98 Å². The maximum atomic E-state index is 5.40. The predicted molar refractivity (Wildman–Crippen MR) is 66.3 cm³/mol. The Hall–Kier alpha value is -0.740. The summed E-state index contributed by atoms with van der Waals surface area (Å²) in [5, 5.41) is 1.15. The summed E-state index contributed by atoms with van der Waals surface area (Å²) in [5.74, 6) is 1.73. The molecule has 0 saturated heterocycles. The number of hydrogen-bond acceptors (Lipinski definition) is 3. The normalized spacial score (nSPS) is 16.1. The number of aromatic amines is 1. The van der Waals surface area contributed by atoms with Crippen molar-refractivity contribution in [2.24, 2.45) is 0 Å². The molecule has 0 unspecified atom stereocenters. The minimum absolute atomic E-state index is 0.638. The van der Waals surface area contributed by atoms with E-state index in [9.17, 15) is 0 Å². The van der Waals surface area contributed by atoms with Crippen molar-refractivity contribution in [2.75, 3.05) is 0 Å². The maximum Gasteiger partial charge on any atom is 0.128 e. The molecular weight excluding hydrogens is 224 g/mol. The van der Waals surface area contributed by atoms with Crippen LogP contribution in [0.2, 0.25) is 0 Å². The van der Waals surface area contributed by atoms with Crippen LogP contribution >= 0.6 is 23.6 Å². The molecule has 1 aliphatic rings. The number of hydrogen-bond donors (Lipinski definition) is 1. The van der Waals surface area contributed by atoms with E-state index in [2.05, 4.69) is 23.8 Å². The van der Waals surface area contributed by atoms with Crippen molar-refractivity contribution in [1.82, 2.24) is 9.97 Å². The molecule has 1 saturated carbocycles. The van der Waals surface area contributed by atoms with Crippen LogP contribution in [0.1, 0.15) is 35.0 Å². The molecule has 2 aromatic heterocycles. The zero-order valence-electron chi connectivity index (χ0n) is 8.76. The Morgan fingerprint density at radius 3 is 2.80 bits per heavy atom. The fourth-order valence-corrected chi connectivity index (χ4v) is 3.29. The molecule has 78 valence electrons. The van der Waals surface area contributed by atoms with Crippen molar-refractivity contribution in [3.63, 3.8) is 0 Å². The van der Waals surface area contributed by atoms with E-state index >= 15 is 0 Å². The molecule has 0 atom stereocenters. The third-order valence-corrected chi connectivity index (χ3v) is 4.43. The third kappa shape index (κ3) is 1.43. The number of thiophene rings is 1. The Bertz CT molecular complexity index is 590. The first-order chi connectivity index (χ1) is 7.16. The van der Waals surface area contributed by atoms with Gasteiger partial charge in [-0.3, -0.25) is 0 Å². The zero-order chi connectivity index (χ0) is 10.6. The van der Waals surface area contributed by atoms with E-state index in [1.165, 1.54) is 23.3 Å². The van der Waals surface area contributed by atoms with Gasteiger partial charge in [0.15, 0.2) is 0 Å². The maximum absolute atomic E-state index is 5.40. The Balaban J connectivity index is 2.36. The van der Waals surface area contributed by atoms with E-state index in [4.69, 9.17) is 12.2 Å². The molecule has 1 fully saturated rings. The van der Waals surface area contributed by atoms with E-state index in [0.717, 1.165) is 20.7 Å². The van der Waals surface area contributed by atoms with Crippen LogP contribution in [0.15, 0.2) is 0 Å². The average Bonchev–Trinajstić information content (AvgIpc) is 2.95. The van der Waals surface area contributed by atoms with Gasteiger partial charge in [-0.2, -0.15) is 0 Å². The number of fused-ring (bicyclic) bond motifs is 1. The molecule has 4 heteroatoms. The SMILES string of the molecule is Cc1sc2nc(C3CC3)[nH]c(=S)c2c1C. The fourth-order valence-electron chi connectivity index (χ4n) is 1.82. The molecule has 2 heterocycles. The van der Waals surface area contributed by atoms with E-state index in [-0.39, 0.29) is 0 Å². The van der Waals surface area contributed by atoms with Gasteiger partial charge in [0.05, 0.1) is 0 Å². The van der Waals surface area contributed by atoms with Crippen molar-refractivity contribution in [3.8, 4) is 0 Å². The minimum atomic E-state index is 0.638. The van der Waals surface area contributed by atoms with Crippen LogP contribution in [0.4, 0.5) is 0 Å². The van der Waals surface area contributed by atoms with Gasteiger partial charge in [-0.05, 0) is 32.3 Å². The predicted octanol–water partition coefficient (Wildman–Crippen LogP) is 3.85.